The second-order valence-corrected chi connectivity index (χ2v) is 4.19. The fourth-order valence-corrected chi connectivity index (χ4v) is 2.01. The molecular weight excluding hydrogens is 232 g/mol. The molecule has 0 aliphatic carbocycles. The number of fused-ring (bicyclic) bond motifs is 1. The molecule has 0 saturated heterocycles. The summed E-state index contributed by atoms with van der Waals surface area (Å²) in [6, 6.07) is 6.50. The third-order valence-corrected chi connectivity index (χ3v) is 2.73. The Bertz CT molecular complexity index is 640. The van der Waals surface area contributed by atoms with Gasteiger partial charge in [-0.2, -0.15) is 0 Å². The van der Waals surface area contributed by atoms with Crippen LogP contribution in [0.5, 0.6) is 0 Å². The minimum Gasteiger partial charge on any atom is -0.481 e. The molecule has 1 aromatic carbocycles. The van der Waals surface area contributed by atoms with Crippen molar-refractivity contribution in [3.63, 3.8) is 0 Å². The molecule has 0 spiro atoms. The van der Waals surface area contributed by atoms with E-state index in [1.807, 2.05) is 6.92 Å². The van der Waals surface area contributed by atoms with E-state index in [4.69, 9.17) is 9.52 Å². The number of carbonyl (C=O) groups is 1. The summed E-state index contributed by atoms with van der Waals surface area (Å²) in [5.74, 6) is -0.318. The van der Waals surface area contributed by atoms with Crippen molar-refractivity contribution in [1.82, 2.24) is 0 Å². The van der Waals surface area contributed by atoms with Crippen LogP contribution in [0.4, 0.5) is 0 Å². The van der Waals surface area contributed by atoms with Crippen LogP contribution >= 0.6 is 0 Å². The number of hydrogen-bond donors (Lipinski definition) is 1. The molecule has 2 rings (SSSR count). The van der Waals surface area contributed by atoms with Gasteiger partial charge >= 0.3 is 5.97 Å². The quantitative estimate of drug-likeness (QED) is 0.899. The summed E-state index contributed by atoms with van der Waals surface area (Å²) in [6.07, 6.45) is 1.42. The van der Waals surface area contributed by atoms with Crippen LogP contribution in [-0.2, 0) is 17.6 Å². The standard InChI is InChI=1S/C14H14O4/c1-2-4-10-8-11(15)14-9(7-13(16)17)5-3-6-12(14)18-10/h3,5-6,8H,2,4,7H2,1H3,(H,16,17). The monoisotopic (exact) mass is 246 g/mol. The molecule has 0 atom stereocenters. The van der Waals surface area contributed by atoms with Crippen LogP contribution in [0, 0.1) is 0 Å². The van der Waals surface area contributed by atoms with E-state index >= 15 is 0 Å². The first-order valence-electron chi connectivity index (χ1n) is 5.88. The fourth-order valence-electron chi connectivity index (χ4n) is 2.01. The summed E-state index contributed by atoms with van der Waals surface area (Å²) in [5.41, 5.74) is 0.790. The van der Waals surface area contributed by atoms with Gasteiger partial charge in [0.05, 0.1) is 11.8 Å². The number of carboxylic acids is 1. The number of benzene rings is 1. The summed E-state index contributed by atoms with van der Waals surface area (Å²) >= 11 is 0. The fraction of sp³-hybridized carbons (Fsp3) is 0.286. The molecule has 1 heterocycles. The maximum Gasteiger partial charge on any atom is 0.307 e. The van der Waals surface area contributed by atoms with Gasteiger partial charge in [-0.25, -0.2) is 0 Å². The zero-order valence-electron chi connectivity index (χ0n) is 10.1. The first-order chi connectivity index (χ1) is 8.61. The molecule has 0 unspecified atom stereocenters. The smallest absolute Gasteiger partial charge is 0.307 e. The molecule has 2 aromatic rings. The average Bonchev–Trinajstić information content (AvgIpc) is 2.28. The van der Waals surface area contributed by atoms with Crippen LogP contribution in [0.1, 0.15) is 24.7 Å². The Labute approximate surface area is 104 Å². The van der Waals surface area contributed by atoms with E-state index in [1.54, 1.807) is 18.2 Å². The van der Waals surface area contributed by atoms with E-state index in [9.17, 15) is 9.59 Å². The van der Waals surface area contributed by atoms with Crippen molar-refractivity contribution in [3.8, 4) is 0 Å². The van der Waals surface area contributed by atoms with Crippen molar-refractivity contribution in [2.45, 2.75) is 26.2 Å². The highest BCUT2D eigenvalue weighted by Crippen LogP contribution is 2.18. The predicted molar refractivity (Wildman–Crippen MR) is 67.8 cm³/mol. The van der Waals surface area contributed by atoms with Gasteiger partial charge in [0, 0.05) is 12.5 Å². The van der Waals surface area contributed by atoms with E-state index in [0.717, 1.165) is 6.42 Å². The molecule has 4 heteroatoms. The molecule has 18 heavy (non-hydrogen) atoms. The highest BCUT2D eigenvalue weighted by molar-refractivity contribution is 5.84. The Kier molecular flexibility index (Phi) is 3.46. The largest absolute Gasteiger partial charge is 0.481 e. The van der Waals surface area contributed by atoms with Crippen LogP contribution in [-0.4, -0.2) is 11.1 Å². The van der Waals surface area contributed by atoms with Gasteiger partial charge in [-0.1, -0.05) is 19.1 Å². The van der Waals surface area contributed by atoms with Crippen molar-refractivity contribution < 1.29 is 14.3 Å². The molecule has 94 valence electrons. The number of hydrogen-bond acceptors (Lipinski definition) is 3. The summed E-state index contributed by atoms with van der Waals surface area (Å²) in [5, 5.41) is 9.20. The second-order valence-electron chi connectivity index (χ2n) is 4.19. The lowest BCUT2D eigenvalue weighted by Gasteiger charge is -2.05. The van der Waals surface area contributed by atoms with E-state index in [2.05, 4.69) is 0 Å². The zero-order chi connectivity index (χ0) is 13.1. The van der Waals surface area contributed by atoms with E-state index in [1.165, 1.54) is 6.07 Å². The minimum absolute atomic E-state index is 0.170. The first-order valence-corrected chi connectivity index (χ1v) is 5.88. The average molecular weight is 246 g/mol. The van der Waals surface area contributed by atoms with Crippen LogP contribution in [0.2, 0.25) is 0 Å². The zero-order valence-corrected chi connectivity index (χ0v) is 10.1. The van der Waals surface area contributed by atoms with Gasteiger partial charge in [-0.05, 0) is 18.1 Å². The molecule has 0 aliphatic heterocycles. The maximum absolute atomic E-state index is 12.0. The number of aryl methyl sites for hydroxylation is 1. The number of rotatable bonds is 4. The SMILES string of the molecule is CCCc1cc(=O)c2c(CC(=O)O)cccc2o1. The molecule has 4 nitrogen and oxygen atoms in total. The number of aliphatic carboxylic acids is 1. The van der Waals surface area contributed by atoms with Crippen LogP contribution in [0.15, 0.2) is 33.5 Å². The highest BCUT2D eigenvalue weighted by atomic mass is 16.4. The normalized spacial score (nSPS) is 10.7. The van der Waals surface area contributed by atoms with Gasteiger partial charge in [-0.15, -0.1) is 0 Å². The summed E-state index contributed by atoms with van der Waals surface area (Å²) in [7, 11) is 0. The van der Waals surface area contributed by atoms with Gasteiger partial charge in [0.15, 0.2) is 5.43 Å². The van der Waals surface area contributed by atoms with E-state index in [0.29, 0.717) is 28.7 Å². The lowest BCUT2D eigenvalue weighted by Crippen LogP contribution is -2.08. The maximum atomic E-state index is 12.0. The molecule has 0 bridgehead atoms. The molecule has 1 N–H and O–H groups in total. The van der Waals surface area contributed by atoms with Crippen molar-refractivity contribution in [2.24, 2.45) is 0 Å². The van der Waals surface area contributed by atoms with Crippen molar-refractivity contribution >= 4 is 16.9 Å². The topological polar surface area (TPSA) is 67.5 Å². The molecule has 1 aromatic heterocycles. The Balaban J connectivity index is 2.63. The number of carboxylic acid groups (broad SMARTS) is 1. The van der Waals surface area contributed by atoms with Gasteiger partial charge in [0.2, 0.25) is 0 Å². The Morgan fingerprint density at radius 2 is 2.17 bits per heavy atom. The Hall–Kier alpha value is -2.10. The lowest BCUT2D eigenvalue weighted by atomic mass is 10.1. The first kappa shape index (κ1) is 12.4. The predicted octanol–water partition coefficient (Wildman–Crippen LogP) is 2.37. The van der Waals surface area contributed by atoms with Crippen LogP contribution in [0.3, 0.4) is 0 Å². The third kappa shape index (κ3) is 2.42. The van der Waals surface area contributed by atoms with Crippen molar-refractivity contribution in [2.75, 3.05) is 0 Å². The van der Waals surface area contributed by atoms with E-state index < -0.39 is 5.97 Å². The van der Waals surface area contributed by atoms with Gasteiger partial charge in [0.25, 0.3) is 0 Å². The Morgan fingerprint density at radius 1 is 1.39 bits per heavy atom. The molecule has 0 aliphatic rings. The van der Waals surface area contributed by atoms with Gasteiger partial charge < -0.3 is 9.52 Å². The summed E-state index contributed by atoms with van der Waals surface area (Å²) in [6.45, 7) is 2.01. The van der Waals surface area contributed by atoms with Crippen LogP contribution < -0.4 is 5.43 Å². The molecular formula is C14H14O4. The molecule has 0 amide bonds. The molecule has 0 saturated carbocycles. The van der Waals surface area contributed by atoms with Crippen LogP contribution in [0.25, 0.3) is 11.0 Å². The summed E-state index contributed by atoms with van der Waals surface area (Å²) in [4.78, 5) is 22.8. The van der Waals surface area contributed by atoms with Gasteiger partial charge in [0.1, 0.15) is 11.3 Å². The minimum atomic E-state index is -0.959. The Morgan fingerprint density at radius 3 is 2.83 bits per heavy atom. The van der Waals surface area contributed by atoms with Crippen molar-refractivity contribution in [3.05, 3.63) is 45.8 Å². The molecule has 0 fully saturated rings. The molecule has 0 radical (unpaired) electrons. The lowest BCUT2D eigenvalue weighted by molar-refractivity contribution is -0.136. The van der Waals surface area contributed by atoms with Gasteiger partial charge in [-0.3, -0.25) is 9.59 Å². The highest BCUT2D eigenvalue weighted by Gasteiger charge is 2.11. The third-order valence-electron chi connectivity index (χ3n) is 2.73. The summed E-state index contributed by atoms with van der Waals surface area (Å²) < 4.78 is 5.61. The van der Waals surface area contributed by atoms with Crippen molar-refractivity contribution in [1.29, 1.82) is 0 Å². The van der Waals surface area contributed by atoms with E-state index in [-0.39, 0.29) is 11.8 Å². The second kappa shape index (κ2) is 5.04.